The highest BCUT2D eigenvalue weighted by atomic mass is 16.3. The van der Waals surface area contributed by atoms with Crippen molar-refractivity contribution in [3.05, 3.63) is 64.3 Å². The van der Waals surface area contributed by atoms with Crippen LogP contribution in [0.25, 0.3) is 11.0 Å². The molecule has 1 aromatic carbocycles. The van der Waals surface area contributed by atoms with Crippen molar-refractivity contribution in [3.8, 4) is 0 Å². The van der Waals surface area contributed by atoms with Crippen molar-refractivity contribution in [1.82, 2.24) is 20.3 Å². The number of aromatic amines is 2. The Morgan fingerprint density at radius 3 is 2.79 bits per heavy atom. The Morgan fingerprint density at radius 2 is 2.04 bits per heavy atom. The van der Waals surface area contributed by atoms with Crippen molar-refractivity contribution in [3.63, 3.8) is 0 Å². The van der Waals surface area contributed by atoms with Gasteiger partial charge in [0.05, 0.1) is 11.0 Å². The zero-order valence-corrected chi connectivity index (χ0v) is 13.6. The Morgan fingerprint density at radius 1 is 1.21 bits per heavy atom. The number of fused-ring (bicyclic) bond motifs is 1. The lowest BCUT2D eigenvalue weighted by molar-refractivity contribution is 0.218. The van der Waals surface area contributed by atoms with Crippen LogP contribution in [0.5, 0.6) is 0 Å². The number of hydrogen-bond donors (Lipinski definition) is 4. The number of aliphatic hydroxyl groups is 1. The van der Waals surface area contributed by atoms with Gasteiger partial charge >= 0.3 is 5.69 Å². The van der Waals surface area contributed by atoms with Gasteiger partial charge in [0, 0.05) is 31.1 Å². The minimum Gasteiger partial charge on any atom is -0.396 e. The van der Waals surface area contributed by atoms with Gasteiger partial charge in [0.25, 0.3) is 0 Å². The topological polar surface area (TPSA) is 93.8 Å². The number of benzene rings is 1. The van der Waals surface area contributed by atoms with Crippen LogP contribution in [0.2, 0.25) is 0 Å². The molecule has 24 heavy (non-hydrogen) atoms. The van der Waals surface area contributed by atoms with Crippen LogP contribution in [0.15, 0.2) is 47.4 Å². The van der Waals surface area contributed by atoms with Gasteiger partial charge in [0.15, 0.2) is 0 Å². The minimum atomic E-state index is -0.196. The molecule has 0 amide bonds. The average Bonchev–Trinajstić information content (AvgIpc) is 2.98. The lowest BCUT2D eigenvalue weighted by atomic mass is 10.0. The standard InChI is InChI=1S/C18H22N4O2/c1-12(14-5-6-16-17(9-14)22-18(24)21-16)20-10-13(11-23)8-15-4-2-3-7-19-15/h2-7,9,12-13,20,23H,8,10-11H2,1H3,(H2,21,22,24). The molecule has 2 heterocycles. The molecule has 3 rings (SSSR count). The summed E-state index contributed by atoms with van der Waals surface area (Å²) in [6, 6.07) is 11.8. The second kappa shape index (κ2) is 7.42. The Balaban J connectivity index is 1.62. The van der Waals surface area contributed by atoms with Crippen molar-refractivity contribution in [2.75, 3.05) is 13.2 Å². The molecular formula is C18H22N4O2. The molecule has 0 radical (unpaired) electrons. The van der Waals surface area contributed by atoms with Gasteiger partial charge < -0.3 is 20.4 Å². The van der Waals surface area contributed by atoms with Crippen molar-refractivity contribution < 1.29 is 5.11 Å². The first kappa shape index (κ1) is 16.4. The van der Waals surface area contributed by atoms with Gasteiger partial charge in [-0.3, -0.25) is 4.98 Å². The maximum Gasteiger partial charge on any atom is 0.323 e. The van der Waals surface area contributed by atoms with E-state index in [1.165, 1.54) is 0 Å². The van der Waals surface area contributed by atoms with Crippen LogP contribution in [0.1, 0.15) is 24.2 Å². The van der Waals surface area contributed by atoms with Crippen molar-refractivity contribution >= 4 is 11.0 Å². The van der Waals surface area contributed by atoms with Crippen molar-refractivity contribution in [2.24, 2.45) is 5.92 Å². The van der Waals surface area contributed by atoms with E-state index in [-0.39, 0.29) is 24.3 Å². The molecule has 6 heteroatoms. The van der Waals surface area contributed by atoms with E-state index in [9.17, 15) is 9.90 Å². The van der Waals surface area contributed by atoms with Crippen LogP contribution in [0, 0.1) is 5.92 Å². The van der Waals surface area contributed by atoms with Gasteiger partial charge in [-0.05, 0) is 49.1 Å². The van der Waals surface area contributed by atoms with Gasteiger partial charge in [-0.1, -0.05) is 12.1 Å². The zero-order valence-electron chi connectivity index (χ0n) is 13.6. The number of nitrogens with zero attached hydrogens (tertiary/aromatic N) is 1. The van der Waals surface area contributed by atoms with Crippen LogP contribution >= 0.6 is 0 Å². The molecule has 0 fully saturated rings. The lowest BCUT2D eigenvalue weighted by Crippen LogP contribution is -2.29. The van der Waals surface area contributed by atoms with Crippen molar-refractivity contribution in [2.45, 2.75) is 19.4 Å². The first-order valence-electron chi connectivity index (χ1n) is 8.12. The van der Waals surface area contributed by atoms with Gasteiger partial charge in [0.1, 0.15) is 0 Å². The summed E-state index contributed by atoms with van der Waals surface area (Å²) in [4.78, 5) is 21.2. The molecule has 0 aliphatic rings. The number of rotatable bonds is 7. The number of imidazole rings is 1. The third-order valence-corrected chi connectivity index (χ3v) is 4.23. The van der Waals surface area contributed by atoms with E-state index in [1.807, 2.05) is 36.4 Å². The van der Waals surface area contributed by atoms with E-state index < -0.39 is 0 Å². The summed E-state index contributed by atoms with van der Waals surface area (Å²) < 4.78 is 0. The van der Waals surface area contributed by atoms with Crippen LogP contribution in [0.4, 0.5) is 0 Å². The fourth-order valence-electron chi connectivity index (χ4n) is 2.80. The Hall–Kier alpha value is -2.44. The van der Waals surface area contributed by atoms with Crippen molar-refractivity contribution in [1.29, 1.82) is 0 Å². The second-order valence-corrected chi connectivity index (χ2v) is 6.09. The second-order valence-electron chi connectivity index (χ2n) is 6.09. The summed E-state index contributed by atoms with van der Waals surface area (Å²) in [6.45, 7) is 2.87. The molecule has 0 bridgehead atoms. The smallest absolute Gasteiger partial charge is 0.323 e. The third kappa shape index (κ3) is 3.90. The van der Waals surface area contributed by atoms with E-state index in [2.05, 4.69) is 27.2 Å². The maximum absolute atomic E-state index is 11.3. The monoisotopic (exact) mass is 326 g/mol. The van der Waals surface area contributed by atoms with Gasteiger partial charge in [-0.15, -0.1) is 0 Å². The molecule has 0 aliphatic carbocycles. The maximum atomic E-state index is 11.3. The summed E-state index contributed by atoms with van der Waals surface area (Å²) in [5.74, 6) is 0.109. The van der Waals surface area contributed by atoms with Crippen LogP contribution in [-0.4, -0.2) is 33.2 Å². The third-order valence-electron chi connectivity index (χ3n) is 4.23. The number of nitrogens with one attached hydrogen (secondary N) is 3. The van der Waals surface area contributed by atoms with E-state index in [1.54, 1.807) is 6.20 Å². The van der Waals surface area contributed by atoms with E-state index in [4.69, 9.17) is 0 Å². The number of aliphatic hydroxyl groups excluding tert-OH is 1. The number of pyridine rings is 1. The molecule has 2 unspecified atom stereocenters. The van der Waals surface area contributed by atoms with Gasteiger partial charge in [-0.2, -0.15) is 0 Å². The van der Waals surface area contributed by atoms with Gasteiger partial charge in [0.2, 0.25) is 0 Å². The molecule has 2 aromatic heterocycles. The first-order chi connectivity index (χ1) is 11.7. The highest BCUT2D eigenvalue weighted by Crippen LogP contribution is 2.17. The molecule has 6 nitrogen and oxygen atoms in total. The Labute approximate surface area is 140 Å². The molecule has 2 atom stereocenters. The molecule has 0 aliphatic heterocycles. The molecule has 3 aromatic rings. The molecule has 126 valence electrons. The molecular weight excluding hydrogens is 304 g/mol. The molecule has 4 N–H and O–H groups in total. The average molecular weight is 326 g/mol. The molecule has 0 saturated carbocycles. The quantitative estimate of drug-likeness (QED) is 0.532. The predicted octanol–water partition coefficient (Wildman–Crippen LogP) is 1.75. The summed E-state index contributed by atoms with van der Waals surface area (Å²) in [5.41, 5.74) is 3.49. The van der Waals surface area contributed by atoms with E-state index in [0.29, 0.717) is 6.54 Å². The molecule has 0 spiro atoms. The number of aromatic nitrogens is 3. The van der Waals surface area contributed by atoms with Crippen LogP contribution < -0.4 is 11.0 Å². The van der Waals surface area contributed by atoms with Crippen LogP contribution in [0.3, 0.4) is 0 Å². The number of H-pyrrole nitrogens is 2. The normalized spacial score (nSPS) is 13.9. The van der Waals surface area contributed by atoms with E-state index >= 15 is 0 Å². The van der Waals surface area contributed by atoms with Gasteiger partial charge in [-0.25, -0.2) is 4.79 Å². The van der Waals surface area contributed by atoms with E-state index in [0.717, 1.165) is 28.7 Å². The largest absolute Gasteiger partial charge is 0.396 e. The number of hydrogen-bond acceptors (Lipinski definition) is 4. The fourth-order valence-corrected chi connectivity index (χ4v) is 2.80. The highest BCUT2D eigenvalue weighted by Gasteiger charge is 2.13. The lowest BCUT2D eigenvalue weighted by Gasteiger charge is -2.19. The zero-order chi connectivity index (χ0) is 16.9. The summed E-state index contributed by atoms with van der Waals surface area (Å²) in [5, 5.41) is 13.1. The SMILES string of the molecule is CC(NCC(CO)Cc1ccccn1)c1ccc2[nH]c(=O)[nH]c2c1. The first-order valence-corrected chi connectivity index (χ1v) is 8.12. The van der Waals surface area contributed by atoms with Crippen LogP contribution in [-0.2, 0) is 6.42 Å². The Kier molecular flexibility index (Phi) is 5.08. The minimum absolute atomic E-state index is 0.109. The predicted molar refractivity (Wildman–Crippen MR) is 93.9 cm³/mol. The Bertz CT molecular complexity index is 841. The molecule has 0 saturated heterocycles. The summed E-state index contributed by atoms with van der Waals surface area (Å²) in [6.07, 6.45) is 2.51. The highest BCUT2D eigenvalue weighted by molar-refractivity contribution is 5.75. The fraction of sp³-hybridized carbons (Fsp3) is 0.333. The summed E-state index contributed by atoms with van der Waals surface area (Å²) in [7, 11) is 0. The summed E-state index contributed by atoms with van der Waals surface area (Å²) >= 11 is 0.